The van der Waals surface area contributed by atoms with Crippen LogP contribution in [-0.4, -0.2) is 321 Å². The largest absolute Gasteiger partial charge is 0.475 e. The number of hydrogen-bond donors (Lipinski definition) is 0. The van der Waals surface area contributed by atoms with Crippen molar-refractivity contribution in [3.63, 3.8) is 0 Å². The first kappa shape index (κ1) is 113. The molecule has 9 rings (SSSR count). The van der Waals surface area contributed by atoms with Gasteiger partial charge in [0.2, 0.25) is 17.6 Å². The molecule has 39 nitrogen and oxygen atoms in total. The first-order chi connectivity index (χ1) is 68.2. The third-order valence-corrected chi connectivity index (χ3v) is 19.8. The molecule has 770 valence electrons. The zero-order valence-electron chi connectivity index (χ0n) is 83.4. The van der Waals surface area contributed by atoms with Crippen molar-refractivity contribution in [3.8, 4) is 17.6 Å². The van der Waals surface area contributed by atoms with Crippen LogP contribution >= 0.6 is 0 Å². The van der Waals surface area contributed by atoms with Gasteiger partial charge in [0.05, 0.1) is 248 Å². The lowest BCUT2D eigenvalue weighted by Crippen LogP contribution is -2.42. The number of halogens is 1. The number of rotatable bonds is 70. The van der Waals surface area contributed by atoms with E-state index in [2.05, 4.69) is 45.9 Å². The Morgan fingerprint density at radius 3 is 0.901 bits per heavy atom. The molecule has 0 unspecified atom stereocenters. The fraction of sp³-hybridized carbons (Fsp3) is 0.525. The van der Waals surface area contributed by atoms with E-state index in [1.54, 1.807) is 90.6 Å². The second-order valence-corrected chi connectivity index (χ2v) is 35.1. The summed E-state index contributed by atoms with van der Waals surface area (Å²) in [6, 6.07) is 33.9. The fourth-order valence-corrected chi connectivity index (χ4v) is 12.5. The molecule has 0 fully saturated rings. The van der Waals surface area contributed by atoms with E-state index in [9.17, 15) is 18.8 Å². The number of amides is 3. The number of benzene rings is 3. The Balaban J connectivity index is 0.672. The van der Waals surface area contributed by atoms with Crippen LogP contribution < -0.4 is 28.9 Å². The van der Waals surface area contributed by atoms with Crippen molar-refractivity contribution in [1.29, 1.82) is 0 Å². The molecular formula is C101H140FN15O24. The van der Waals surface area contributed by atoms with Gasteiger partial charge in [-0.1, -0.05) is 88.5 Å². The number of aromatic nitrogens is 12. The first-order valence-electron chi connectivity index (χ1n) is 47.1. The molecular weight excluding hydrogens is 1830 g/mol. The summed E-state index contributed by atoms with van der Waals surface area (Å²) in [5.41, 5.74) is 6.91. The van der Waals surface area contributed by atoms with Crippen molar-refractivity contribution in [2.24, 2.45) is 5.41 Å². The minimum Gasteiger partial charge on any atom is -0.475 e. The van der Waals surface area contributed by atoms with E-state index in [0.29, 0.717) is 193 Å². The summed E-state index contributed by atoms with van der Waals surface area (Å²) in [5.74, 6) is 1.44. The summed E-state index contributed by atoms with van der Waals surface area (Å²) >= 11 is 0. The standard InChI is InChI=1S/C101H140FN15O24/c1-98(2,3)139-95(118)112(10)88-28-19-80(20-29-88)13-16-83-25-34-92(103-67-83)136-64-61-129-56-53-125-50-46-122-42-38-115-71-86(107-110-115)73-133-77-101(76-132-60-59-128-49-45-121-41-37-102,78-134-74-87-72-116(111-108-87)39-43-123-47-51-126-54-57-130-62-65-137-93-35-26-84(68-104-93)17-14-81-21-30-89(31-22-81)113(11)96(119)140-99(4,5)6)79-135-75-91-70-106-109-117(91)40-44-124-48-52-127-55-58-131-63-66-138-94-36-27-85(69-105-94)18-15-82-23-32-90(33-24-82)114(12)97(120)141-100(7,8)9/h13-36,67-72H,37-66,73-79H2,1-12H3/b16-13+,17-14+,18-15+. The molecule has 0 aliphatic rings. The zero-order valence-corrected chi connectivity index (χ0v) is 83.4. The van der Waals surface area contributed by atoms with Crippen molar-refractivity contribution in [3.05, 3.63) is 197 Å². The lowest BCUT2D eigenvalue weighted by molar-refractivity contribution is -0.120. The molecule has 0 radical (unpaired) electrons. The van der Waals surface area contributed by atoms with Crippen molar-refractivity contribution in [1.82, 2.24) is 59.9 Å². The average Bonchev–Trinajstić information content (AvgIpc) is 1.81. The Morgan fingerprint density at radius 1 is 0.312 bits per heavy atom. The van der Waals surface area contributed by atoms with Gasteiger partial charge in [0.1, 0.15) is 54.7 Å². The summed E-state index contributed by atoms with van der Waals surface area (Å²) in [5, 5.41) is 25.9. The van der Waals surface area contributed by atoms with Crippen molar-refractivity contribution in [2.45, 2.75) is 119 Å². The van der Waals surface area contributed by atoms with Crippen LogP contribution in [0.2, 0.25) is 0 Å². The molecule has 0 N–H and O–H groups in total. The van der Waals surface area contributed by atoms with Crippen LogP contribution in [0.3, 0.4) is 0 Å². The van der Waals surface area contributed by atoms with Gasteiger partial charge in [-0.15, -0.1) is 15.3 Å². The van der Waals surface area contributed by atoms with Crippen LogP contribution in [0.25, 0.3) is 36.5 Å². The number of nitrogens with zero attached hydrogens (tertiary/aromatic N) is 15. The maximum absolute atomic E-state index is 12.7. The van der Waals surface area contributed by atoms with Gasteiger partial charge in [-0.3, -0.25) is 14.7 Å². The van der Waals surface area contributed by atoms with Gasteiger partial charge in [-0.05, 0) is 150 Å². The zero-order chi connectivity index (χ0) is 100. The molecule has 0 aliphatic heterocycles. The second-order valence-electron chi connectivity index (χ2n) is 35.1. The van der Waals surface area contributed by atoms with Gasteiger partial charge in [-0.2, -0.15) is 0 Å². The van der Waals surface area contributed by atoms with E-state index >= 15 is 0 Å². The maximum Gasteiger partial charge on any atom is 0.414 e. The molecule has 3 amide bonds. The van der Waals surface area contributed by atoms with E-state index in [-0.39, 0.29) is 79.3 Å². The molecule has 0 bridgehead atoms. The predicted molar refractivity (Wildman–Crippen MR) is 526 cm³/mol. The highest BCUT2D eigenvalue weighted by molar-refractivity contribution is 5.89. The third kappa shape index (κ3) is 47.2. The number of hydrogen-bond acceptors (Lipinski definition) is 33. The Kier molecular flexibility index (Phi) is 50.6. The average molecular weight is 1970 g/mol. The topological polar surface area (TPSA) is 386 Å². The van der Waals surface area contributed by atoms with Crippen molar-refractivity contribution >= 4 is 71.8 Å². The summed E-state index contributed by atoms with van der Waals surface area (Å²) in [4.78, 5) is 55.1. The van der Waals surface area contributed by atoms with Crippen LogP contribution in [0, 0.1) is 5.41 Å². The molecule has 0 atom stereocenters. The number of anilines is 3. The molecule has 0 saturated heterocycles. The van der Waals surface area contributed by atoms with Crippen LogP contribution in [-0.2, 0) is 125 Å². The lowest BCUT2D eigenvalue weighted by atomic mass is 9.92. The van der Waals surface area contributed by atoms with Crippen molar-refractivity contribution in [2.75, 3.05) is 241 Å². The quantitative estimate of drug-likeness (QED) is 0.0252. The molecule has 141 heavy (non-hydrogen) atoms. The van der Waals surface area contributed by atoms with Gasteiger partial charge in [-0.25, -0.2) is 47.8 Å². The Hall–Kier alpha value is -11.7. The molecule has 40 heteroatoms. The summed E-state index contributed by atoms with van der Waals surface area (Å²) in [6.07, 6.45) is 20.9. The molecule has 6 heterocycles. The van der Waals surface area contributed by atoms with E-state index < -0.39 is 47.2 Å². The lowest BCUT2D eigenvalue weighted by Gasteiger charge is -2.33. The van der Waals surface area contributed by atoms with Gasteiger partial charge < -0.3 is 99.5 Å². The highest BCUT2D eigenvalue weighted by atomic mass is 19.1. The van der Waals surface area contributed by atoms with Crippen LogP contribution in [0.4, 0.5) is 35.8 Å². The van der Waals surface area contributed by atoms with E-state index in [1.807, 2.05) is 190 Å². The number of pyridine rings is 3. The van der Waals surface area contributed by atoms with E-state index in [0.717, 1.165) is 50.4 Å². The van der Waals surface area contributed by atoms with Crippen molar-refractivity contribution < 1.29 is 118 Å². The minimum atomic E-state index is -0.929. The first-order valence-corrected chi connectivity index (χ1v) is 47.1. The summed E-state index contributed by atoms with van der Waals surface area (Å²) < 4.78 is 140. The summed E-state index contributed by atoms with van der Waals surface area (Å²) in [7, 11) is 5.04. The molecule has 3 aromatic carbocycles. The number of alkyl halides is 1. The highest BCUT2D eigenvalue weighted by Gasteiger charge is 2.34. The number of carbonyl (C=O) groups is 3. The summed E-state index contributed by atoms with van der Waals surface area (Å²) in [6.45, 7) is 26.2. The fourth-order valence-electron chi connectivity index (χ4n) is 12.5. The van der Waals surface area contributed by atoms with Crippen LogP contribution in [0.1, 0.15) is 113 Å². The van der Waals surface area contributed by atoms with E-state index in [1.165, 1.54) is 14.7 Å². The molecule has 0 spiro atoms. The molecule has 6 aromatic heterocycles. The predicted octanol–water partition coefficient (Wildman–Crippen LogP) is 13.6. The van der Waals surface area contributed by atoms with Crippen LogP contribution in [0.5, 0.6) is 17.6 Å². The normalized spacial score (nSPS) is 12.1. The molecule has 9 aromatic rings. The maximum atomic E-state index is 12.7. The van der Waals surface area contributed by atoms with Gasteiger partial charge in [0.15, 0.2) is 0 Å². The Bertz CT molecular complexity index is 4840. The number of ether oxygens (including phenoxy) is 21. The van der Waals surface area contributed by atoms with Gasteiger partial charge >= 0.3 is 18.3 Å². The monoisotopic (exact) mass is 1970 g/mol. The third-order valence-electron chi connectivity index (χ3n) is 19.8. The Morgan fingerprint density at radius 2 is 0.589 bits per heavy atom. The molecule has 0 aliphatic carbocycles. The highest BCUT2D eigenvalue weighted by Crippen LogP contribution is 2.27. The minimum absolute atomic E-state index is 0.00967. The number of carbonyl (C=O) groups excluding carboxylic acids is 3. The smallest absolute Gasteiger partial charge is 0.414 e. The SMILES string of the molecule is CN(C(=O)OC(C)(C)C)c1ccc(/C=C/c2ccc(OCCOCCOCCOCCn3cc(COCC(COCCOCCOCCF)(COCc4cn(CCOCCOCCOCCOc5ccc(/C=C/c6ccc(N(C)C(=O)OC(C)(C)C)cc6)cn5)nn4)COCc4cnnn4CCOCCOCCOCCOc4ccc(/C=C/c5ccc(N(C)C(=O)OC(C)(C)C)cc5)cn4)nn3)nc2)cc1. The van der Waals surface area contributed by atoms with Crippen LogP contribution in [0.15, 0.2) is 146 Å². The van der Waals surface area contributed by atoms with E-state index in [4.69, 9.17) is 99.5 Å². The van der Waals surface area contributed by atoms with Gasteiger partial charge in [0.25, 0.3) is 0 Å². The van der Waals surface area contributed by atoms with Gasteiger partial charge in [0, 0.05) is 75.0 Å². The molecule has 0 saturated carbocycles. The Labute approximate surface area is 825 Å². The second kappa shape index (κ2) is 63.2.